The van der Waals surface area contributed by atoms with Gasteiger partial charge in [0.05, 0.1) is 46.9 Å². The van der Waals surface area contributed by atoms with Gasteiger partial charge in [-0.2, -0.15) is 0 Å². The Hall–Kier alpha value is -1.75. The second-order valence-corrected chi connectivity index (χ2v) is 12.7. The van der Waals surface area contributed by atoms with E-state index in [0.29, 0.717) is 12.4 Å². The molecule has 2 fully saturated rings. The number of ether oxygens (including phenoxy) is 1. The van der Waals surface area contributed by atoms with Crippen LogP contribution in [0.3, 0.4) is 0 Å². The lowest BCUT2D eigenvalue weighted by Crippen LogP contribution is -2.55. The molecule has 0 amide bonds. The van der Waals surface area contributed by atoms with Gasteiger partial charge in [0.15, 0.2) is 0 Å². The molecule has 10 heteroatoms. The molecule has 2 saturated heterocycles. The van der Waals surface area contributed by atoms with Crippen LogP contribution < -0.4 is 15.4 Å². The van der Waals surface area contributed by atoms with Crippen LogP contribution in [0.15, 0.2) is 40.6 Å². The van der Waals surface area contributed by atoms with Crippen molar-refractivity contribution in [1.29, 1.82) is 0 Å². The summed E-state index contributed by atoms with van der Waals surface area (Å²) < 4.78 is 21.9. The Labute approximate surface area is 196 Å². The normalized spacial score (nSPS) is 24.1. The largest absolute Gasteiger partial charge is 0.384 e. The van der Waals surface area contributed by atoms with Gasteiger partial charge >= 0.3 is 0 Å². The summed E-state index contributed by atoms with van der Waals surface area (Å²) in [6.45, 7) is 10.5. The second-order valence-electron chi connectivity index (χ2n) is 9.57. The maximum absolute atomic E-state index is 12.8. The fourth-order valence-corrected chi connectivity index (χ4v) is 6.05. The predicted octanol–water partition coefficient (Wildman–Crippen LogP) is 3.03. The minimum Gasteiger partial charge on any atom is -0.384 e. The number of nitrogens with zero attached hydrogens (tertiary/aromatic N) is 4. The van der Waals surface area contributed by atoms with Gasteiger partial charge in [-0.1, -0.05) is 11.8 Å². The molecule has 0 bridgehead atoms. The lowest BCUT2D eigenvalue weighted by molar-refractivity contribution is 0.0973. The fraction of sp³-hybridized carbons (Fsp3) is 0.591. The highest BCUT2D eigenvalue weighted by molar-refractivity contribution is 7.99. The van der Waals surface area contributed by atoms with Crippen LogP contribution in [0.1, 0.15) is 40.5 Å². The number of piperidine rings is 1. The SMILES string of the molecule is C[C@@H]1OCC2(CCN(c3cnc(Sc4ccnc(N)c4)cn3)CC2)[C@@H]1N[S@](=O)C(C)(C)C. The molecule has 2 aliphatic heterocycles. The molecule has 2 aliphatic rings. The molecular weight excluding hydrogens is 444 g/mol. The smallest absolute Gasteiger partial charge is 0.147 e. The van der Waals surface area contributed by atoms with Crippen LogP contribution in [0, 0.1) is 5.41 Å². The Bertz CT molecular complexity index is 958. The highest BCUT2D eigenvalue weighted by Crippen LogP contribution is 2.43. The van der Waals surface area contributed by atoms with Crippen molar-refractivity contribution in [2.45, 2.75) is 67.4 Å². The first-order chi connectivity index (χ1) is 15.2. The predicted molar refractivity (Wildman–Crippen MR) is 129 cm³/mol. The van der Waals surface area contributed by atoms with Crippen molar-refractivity contribution in [3.8, 4) is 0 Å². The van der Waals surface area contributed by atoms with E-state index in [1.807, 2.05) is 39.1 Å². The highest BCUT2D eigenvalue weighted by atomic mass is 32.2. The summed E-state index contributed by atoms with van der Waals surface area (Å²) in [5.74, 6) is 1.37. The summed E-state index contributed by atoms with van der Waals surface area (Å²) in [7, 11) is -1.12. The molecule has 3 atom stereocenters. The van der Waals surface area contributed by atoms with Gasteiger partial charge in [0.2, 0.25) is 0 Å². The minimum absolute atomic E-state index is 0.00131. The molecule has 2 aromatic rings. The van der Waals surface area contributed by atoms with Crippen molar-refractivity contribution in [2.24, 2.45) is 5.41 Å². The Balaban J connectivity index is 1.39. The number of anilines is 2. The summed E-state index contributed by atoms with van der Waals surface area (Å²) in [5.41, 5.74) is 5.75. The molecule has 0 aromatic carbocycles. The Kier molecular flexibility index (Phi) is 6.76. The summed E-state index contributed by atoms with van der Waals surface area (Å²) in [4.78, 5) is 16.5. The Morgan fingerprint density at radius 1 is 1.25 bits per heavy atom. The maximum atomic E-state index is 12.8. The molecular formula is C22H32N6O2S2. The zero-order valence-corrected chi connectivity index (χ0v) is 20.7. The Morgan fingerprint density at radius 2 is 2.00 bits per heavy atom. The number of hydrogen-bond donors (Lipinski definition) is 2. The number of nitrogen functional groups attached to an aromatic ring is 1. The van der Waals surface area contributed by atoms with E-state index in [9.17, 15) is 4.21 Å². The van der Waals surface area contributed by atoms with Crippen LogP contribution in [0.25, 0.3) is 0 Å². The van der Waals surface area contributed by atoms with E-state index in [1.165, 1.54) is 11.8 Å². The summed E-state index contributed by atoms with van der Waals surface area (Å²) in [6.07, 6.45) is 7.30. The second kappa shape index (κ2) is 9.24. The molecule has 8 nitrogen and oxygen atoms in total. The third-order valence-corrected chi connectivity index (χ3v) is 8.72. The average Bonchev–Trinajstić information content (AvgIpc) is 3.04. The van der Waals surface area contributed by atoms with Gasteiger partial charge in [-0.25, -0.2) is 23.9 Å². The van der Waals surface area contributed by atoms with E-state index in [1.54, 1.807) is 12.4 Å². The van der Waals surface area contributed by atoms with Crippen LogP contribution in [0.2, 0.25) is 0 Å². The molecule has 4 rings (SSSR count). The number of aromatic nitrogens is 3. The van der Waals surface area contributed by atoms with Gasteiger partial charge < -0.3 is 15.4 Å². The van der Waals surface area contributed by atoms with Crippen LogP contribution in [0.4, 0.5) is 11.6 Å². The van der Waals surface area contributed by atoms with Crippen molar-refractivity contribution >= 4 is 34.4 Å². The standard InChI is InChI=1S/C22H32N6O2S2/c1-15-20(27-32(29)21(2,3)4)22(14-30-15)6-9-28(10-7-22)18-12-26-19(13-25-18)31-16-5-8-24-17(23)11-16/h5,8,11-13,15,20,27H,6-7,9-10,14H2,1-4H3,(H2,23,24)/t15-,20+,32+/m0/s1. The fourth-order valence-electron chi connectivity index (χ4n) is 4.27. The average molecular weight is 477 g/mol. The zero-order valence-electron chi connectivity index (χ0n) is 19.1. The molecule has 1 spiro atoms. The van der Waals surface area contributed by atoms with Crippen molar-refractivity contribution < 1.29 is 8.95 Å². The van der Waals surface area contributed by atoms with Gasteiger partial charge in [-0.05, 0) is 52.7 Å². The summed E-state index contributed by atoms with van der Waals surface area (Å²) in [6, 6.07) is 3.82. The van der Waals surface area contributed by atoms with E-state index in [0.717, 1.165) is 41.7 Å². The molecule has 4 heterocycles. The molecule has 174 valence electrons. The molecule has 0 radical (unpaired) electrons. The number of nitrogens with two attached hydrogens (primary N) is 1. The molecule has 0 unspecified atom stereocenters. The van der Waals surface area contributed by atoms with E-state index in [4.69, 9.17) is 10.5 Å². The summed E-state index contributed by atoms with van der Waals surface area (Å²) >= 11 is 1.51. The third kappa shape index (κ3) is 5.08. The van der Waals surface area contributed by atoms with E-state index >= 15 is 0 Å². The van der Waals surface area contributed by atoms with Crippen molar-refractivity contribution in [2.75, 3.05) is 30.3 Å². The number of hydrogen-bond acceptors (Lipinski definition) is 8. The molecule has 0 aliphatic carbocycles. The third-order valence-electron chi connectivity index (χ3n) is 6.23. The first kappa shape index (κ1) is 23.4. The van der Waals surface area contributed by atoms with Gasteiger partial charge in [0.1, 0.15) is 16.7 Å². The molecule has 2 aromatic heterocycles. The first-order valence-electron chi connectivity index (χ1n) is 10.9. The first-order valence-corrected chi connectivity index (χ1v) is 12.9. The molecule has 32 heavy (non-hydrogen) atoms. The van der Waals surface area contributed by atoms with E-state index < -0.39 is 11.0 Å². The van der Waals surface area contributed by atoms with Gasteiger partial charge in [0.25, 0.3) is 0 Å². The van der Waals surface area contributed by atoms with Crippen LogP contribution in [-0.2, 0) is 15.7 Å². The maximum Gasteiger partial charge on any atom is 0.147 e. The van der Waals surface area contributed by atoms with Crippen molar-refractivity contribution in [1.82, 2.24) is 19.7 Å². The van der Waals surface area contributed by atoms with E-state index in [-0.39, 0.29) is 22.3 Å². The quantitative estimate of drug-likeness (QED) is 0.678. The summed E-state index contributed by atoms with van der Waals surface area (Å²) in [5, 5.41) is 0.819. The number of rotatable bonds is 5. The minimum atomic E-state index is -1.12. The molecule has 0 saturated carbocycles. The lowest BCUT2D eigenvalue weighted by atomic mass is 9.73. The van der Waals surface area contributed by atoms with Crippen molar-refractivity contribution in [3.05, 3.63) is 30.7 Å². The van der Waals surface area contributed by atoms with Gasteiger partial charge in [-0.3, -0.25) is 0 Å². The van der Waals surface area contributed by atoms with Crippen LogP contribution >= 0.6 is 11.8 Å². The van der Waals surface area contributed by atoms with Crippen LogP contribution in [-0.4, -0.2) is 55.8 Å². The monoisotopic (exact) mass is 476 g/mol. The zero-order chi connectivity index (χ0) is 22.9. The van der Waals surface area contributed by atoms with E-state index in [2.05, 4.69) is 31.5 Å². The number of nitrogens with one attached hydrogen (secondary N) is 1. The highest BCUT2D eigenvalue weighted by Gasteiger charge is 2.50. The van der Waals surface area contributed by atoms with Gasteiger partial charge in [-0.15, -0.1) is 0 Å². The van der Waals surface area contributed by atoms with Gasteiger partial charge in [0, 0.05) is 29.6 Å². The number of pyridine rings is 1. The molecule has 3 N–H and O–H groups in total. The lowest BCUT2D eigenvalue weighted by Gasteiger charge is -2.43. The topological polar surface area (TPSA) is 106 Å². The Morgan fingerprint density at radius 3 is 2.62 bits per heavy atom. The van der Waals surface area contributed by atoms with Crippen molar-refractivity contribution in [3.63, 3.8) is 0 Å². The van der Waals surface area contributed by atoms with Crippen LogP contribution in [0.5, 0.6) is 0 Å².